The molecule has 2 aromatic rings. The van der Waals surface area contributed by atoms with Gasteiger partial charge in [0.15, 0.2) is 0 Å². The van der Waals surface area contributed by atoms with Crippen LogP contribution in [0.3, 0.4) is 0 Å². The van der Waals surface area contributed by atoms with Crippen molar-refractivity contribution in [3.05, 3.63) is 47.7 Å². The fourth-order valence-corrected chi connectivity index (χ4v) is 8.06. The van der Waals surface area contributed by atoms with E-state index in [1.54, 1.807) is 75.4 Å². The van der Waals surface area contributed by atoms with Gasteiger partial charge in [0.25, 0.3) is 0 Å². The number of carboxylic acids is 1. The largest absolute Gasteiger partial charge is 0.481 e. The van der Waals surface area contributed by atoms with Crippen LogP contribution < -0.4 is 16.0 Å². The SMILES string of the molecule is C/C(=C\C(C(C)C)N(C)C(=O)C(NC(=O)C(N(C)C(=O)OC(C)(C)C)C(C)(C)c1cn(C)c2ccccc12)C(C)(C)C)C(=O)NC(CCC(=O)NC(CCC(=O)O)C(=O)OC(C)(C)C)C(=O)OC(C)(C)C. The first-order chi connectivity index (χ1) is 32.2. The Hall–Kier alpha value is -5.94. The quantitative estimate of drug-likeness (QED) is 0.0600. The monoisotopic (exact) mass is 997 g/mol. The van der Waals surface area contributed by atoms with Crippen LogP contribution in [-0.4, -0.2) is 128 Å². The highest BCUT2D eigenvalue weighted by molar-refractivity contribution is 5.97. The van der Waals surface area contributed by atoms with Gasteiger partial charge in [-0.1, -0.05) is 72.7 Å². The zero-order valence-corrected chi connectivity index (χ0v) is 46.0. The Morgan fingerprint density at radius 2 is 1.20 bits per heavy atom. The van der Waals surface area contributed by atoms with Crippen LogP contribution >= 0.6 is 0 Å². The van der Waals surface area contributed by atoms with E-state index in [1.807, 2.05) is 90.5 Å². The number of nitrogens with zero attached hydrogens (tertiary/aromatic N) is 3. The lowest BCUT2D eigenvalue weighted by Crippen LogP contribution is -2.63. The summed E-state index contributed by atoms with van der Waals surface area (Å²) >= 11 is 0. The fourth-order valence-electron chi connectivity index (χ4n) is 8.06. The molecule has 0 aliphatic heterocycles. The third-order valence-electron chi connectivity index (χ3n) is 11.6. The standard InChI is InChI=1S/C53H84N6O12/c1-31(2)38(29-32(3)43(63)55-36(47(67)70-51(10,11)12)25-27-39(60)54-35(26-28-40(61)62)46(66)69-50(7,8)9)58(19)45(65)41(49(4,5)6)56-44(64)42(59(20)48(68)71-52(13,14)15)53(16,17)34-30-57(18)37-24-22-21-23-33(34)37/h21-24,29-31,35-36,38,41-42H,25-28H2,1-20H3,(H,54,60)(H,55,63)(H,56,64)(H,61,62)/b32-29+. The first-order valence-electron chi connectivity index (χ1n) is 24.2. The number of carbonyl (C=O) groups is 8. The van der Waals surface area contributed by atoms with Crippen molar-refractivity contribution in [2.75, 3.05) is 14.1 Å². The smallest absolute Gasteiger partial charge is 0.410 e. The van der Waals surface area contributed by atoms with Crippen molar-refractivity contribution in [3.8, 4) is 0 Å². The van der Waals surface area contributed by atoms with Gasteiger partial charge in [0.05, 0.1) is 6.04 Å². The summed E-state index contributed by atoms with van der Waals surface area (Å²) in [4.78, 5) is 111. The van der Waals surface area contributed by atoms with Gasteiger partial charge < -0.3 is 44.7 Å². The molecule has 5 amide bonds. The number of benzene rings is 1. The number of fused-ring (bicyclic) bond motifs is 1. The van der Waals surface area contributed by atoms with Crippen LogP contribution in [0.25, 0.3) is 10.9 Å². The Morgan fingerprint density at radius 1 is 0.704 bits per heavy atom. The number of rotatable bonds is 20. The van der Waals surface area contributed by atoms with E-state index in [2.05, 4.69) is 16.0 Å². The molecule has 0 aliphatic rings. The van der Waals surface area contributed by atoms with Crippen molar-refractivity contribution in [1.82, 2.24) is 30.3 Å². The molecule has 1 aromatic heterocycles. The van der Waals surface area contributed by atoms with Crippen LogP contribution in [0.1, 0.15) is 149 Å². The van der Waals surface area contributed by atoms with Crippen molar-refractivity contribution >= 4 is 58.5 Å². The number of aryl methyl sites for hydroxylation is 1. The number of carboxylic acid groups (broad SMARTS) is 1. The third kappa shape index (κ3) is 18.3. The van der Waals surface area contributed by atoms with Gasteiger partial charge >= 0.3 is 24.0 Å². The molecule has 4 N–H and O–H groups in total. The molecule has 0 spiro atoms. The minimum Gasteiger partial charge on any atom is -0.481 e. The van der Waals surface area contributed by atoms with Gasteiger partial charge in [0, 0.05) is 62.1 Å². The van der Waals surface area contributed by atoms with Crippen LogP contribution in [0.15, 0.2) is 42.1 Å². The number of amides is 5. The summed E-state index contributed by atoms with van der Waals surface area (Å²) in [5.41, 5.74) is -2.79. The highest BCUT2D eigenvalue weighted by Gasteiger charge is 2.47. The maximum Gasteiger partial charge on any atom is 0.410 e. The van der Waals surface area contributed by atoms with E-state index < -0.39 is 112 Å². The van der Waals surface area contributed by atoms with Crippen molar-refractivity contribution in [2.45, 2.75) is 196 Å². The molecule has 0 bridgehead atoms. The number of hydrogen-bond acceptors (Lipinski definition) is 11. The van der Waals surface area contributed by atoms with E-state index in [-0.39, 0.29) is 30.8 Å². The summed E-state index contributed by atoms with van der Waals surface area (Å²) in [6.45, 7) is 29.5. The minimum atomic E-state index is -1.34. The number of ether oxygens (including phenoxy) is 3. The molecule has 0 radical (unpaired) electrons. The van der Waals surface area contributed by atoms with Crippen LogP contribution in [0.5, 0.6) is 0 Å². The first-order valence-corrected chi connectivity index (χ1v) is 24.2. The summed E-state index contributed by atoms with van der Waals surface area (Å²) < 4.78 is 18.7. The average molecular weight is 997 g/mol. The van der Waals surface area contributed by atoms with Gasteiger partial charge in [-0.15, -0.1) is 0 Å². The van der Waals surface area contributed by atoms with Crippen LogP contribution in [0.4, 0.5) is 4.79 Å². The Labute approximate surface area is 421 Å². The predicted octanol–water partition coefficient (Wildman–Crippen LogP) is 6.95. The highest BCUT2D eigenvalue weighted by atomic mass is 16.6. The number of carbonyl (C=O) groups excluding carboxylic acids is 7. The second-order valence-corrected chi connectivity index (χ2v) is 23.4. The lowest BCUT2D eigenvalue weighted by atomic mass is 9.76. The second kappa shape index (κ2) is 24.0. The zero-order valence-electron chi connectivity index (χ0n) is 46.0. The van der Waals surface area contributed by atoms with Gasteiger partial charge in [0.2, 0.25) is 23.6 Å². The second-order valence-electron chi connectivity index (χ2n) is 23.4. The van der Waals surface area contributed by atoms with Gasteiger partial charge in [0.1, 0.15) is 41.0 Å². The number of hydrogen-bond donors (Lipinski definition) is 4. The van der Waals surface area contributed by atoms with Gasteiger partial charge in [-0.2, -0.15) is 0 Å². The van der Waals surface area contributed by atoms with Crippen LogP contribution in [-0.2, 0) is 60.2 Å². The molecule has 2 rings (SSSR count). The molecule has 0 aliphatic carbocycles. The molecule has 0 saturated heterocycles. The lowest BCUT2D eigenvalue weighted by Gasteiger charge is -2.42. The normalized spacial score (nSPS) is 14.9. The van der Waals surface area contributed by atoms with E-state index in [4.69, 9.17) is 14.2 Å². The van der Waals surface area contributed by atoms with E-state index in [1.165, 1.54) is 23.8 Å². The minimum absolute atomic E-state index is 0.132. The zero-order chi connectivity index (χ0) is 54.9. The van der Waals surface area contributed by atoms with Crippen LogP contribution in [0.2, 0.25) is 0 Å². The summed E-state index contributed by atoms with van der Waals surface area (Å²) in [6.07, 6.45) is 1.54. The number of nitrogens with one attached hydrogen (secondary N) is 3. The molecular weight excluding hydrogens is 913 g/mol. The van der Waals surface area contributed by atoms with E-state index in [0.717, 1.165) is 16.5 Å². The molecule has 1 heterocycles. The summed E-state index contributed by atoms with van der Waals surface area (Å²) in [5.74, 6) is -5.53. The maximum atomic E-state index is 15.0. The number of aliphatic carboxylic acids is 1. The molecule has 398 valence electrons. The van der Waals surface area contributed by atoms with Crippen molar-refractivity contribution in [2.24, 2.45) is 18.4 Å². The molecular formula is C53H84N6O12. The third-order valence-corrected chi connectivity index (χ3v) is 11.6. The molecule has 0 saturated carbocycles. The summed E-state index contributed by atoms with van der Waals surface area (Å²) in [6, 6.07) is 2.12. The Balaban J connectivity index is 2.52. The number of esters is 2. The maximum absolute atomic E-state index is 15.0. The van der Waals surface area contributed by atoms with Crippen LogP contribution in [0, 0.1) is 11.3 Å². The first kappa shape index (κ1) is 61.2. The fraction of sp³-hybridized carbons (Fsp3) is 0.660. The van der Waals surface area contributed by atoms with Gasteiger partial charge in [-0.25, -0.2) is 14.4 Å². The van der Waals surface area contributed by atoms with Gasteiger partial charge in [-0.05, 0) is 105 Å². The van der Waals surface area contributed by atoms with E-state index in [9.17, 15) is 43.5 Å². The molecule has 1 aromatic carbocycles. The average Bonchev–Trinajstić information content (AvgIpc) is 3.55. The summed E-state index contributed by atoms with van der Waals surface area (Å²) in [5, 5.41) is 18.4. The molecule has 71 heavy (non-hydrogen) atoms. The Morgan fingerprint density at radius 3 is 1.68 bits per heavy atom. The van der Waals surface area contributed by atoms with E-state index >= 15 is 0 Å². The molecule has 5 unspecified atom stereocenters. The topological polar surface area (TPSA) is 232 Å². The van der Waals surface area contributed by atoms with Crippen molar-refractivity contribution in [1.29, 1.82) is 0 Å². The number of likely N-dealkylation sites (N-methyl/N-ethyl adjacent to an activating group) is 2. The molecule has 18 heteroatoms. The lowest BCUT2D eigenvalue weighted by molar-refractivity contribution is -0.160. The highest BCUT2D eigenvalue weighted by Crippen LogP contribution is 2.37. The van der Waals surface area contributed by atoms with Crippen molar-refractivity contribution < 1.29 is 57.7 Å². The Kier molecular flexibility index (Phi) is 20.7. The molecule has 5 atom stereocenters. The predicted molar refractivity (Wildman–Crippen MR) is 272 cm³/mol. The molecule has 18 nitrogen and oxygen atoms in total. The van der Waals surface area contributed by atoms with Gasteiger partial charge in [-0.3, -0.25) is 28.9 Å². The van der Waals surface area contributed by atoms with Crippen molar-refractivity contribution in [3.63, 3.8) is 0 Å². The summed E-state index contributed by atoms with van der Waals surface area (Å²) in [7, 11) is 4.99. The Bertz CT molecular complexity index is 2290. The van der Waals surface area contributed by atoms with E-state index in [0.29, 0.717) is 0 Å². The molecule has 0 fully saturated rings. The number of aromatic nitrogens is 1. The number of para-hydroxylation sites is 1.